The van der Waals surface area contributed by atoms with Crippen LogP contribution in [-0.2, 0) is 9.53 Å². The second kappa shape index (κ2) is 6.57. The molecule has 1 atom stereocenters. The van der Waals surface area contributed by atoms with E-state index in [1.165, 1.54) is 12.0 Å². The molecule has 0 saturated heterocycles. The zero-order valence-corrected chi connectivity index (χ0v) is 12.3. The molecule has 0 aliphatic carbocycles. The largest absolute Gasteiger partial charge is 0.469 e. The summed E-state index contributed by atoms with van der Waals surface area (Å²) < 4.78 is 4.64. The Morgan fingerprint density at radius 1 is 1.42 bits per heavy atom. The molecule has 0 aliphatic heterocycles. The molecule has 1 amide bonds. The van der Waals surface area contributed by atoms with E-state index in [0.717, 1.165) is 5.56 Å². The summed E-state index contributed by atoms with van der Waals surface area (Å²) in [5.41, 5.74) is 1.41. The average molecular weight is 284 g/mol. The zero-order chi connectivity index (χ0) is 14.6. The van der Waals surface area contributed by atoms with Gasteiger partial charge in [0.05, 0.1) is 13.0 Å². The normalized spacial score (nSPS) is 11.8. The maximum absolute atomic E-state index is 12.2. The van der Waals surface area contributed by atoms with E-state index in [2.05, 4.69) is 4.74 Å². The van der Waals surface area contributed by atoms with Crippen molar-refractivity contribution in [2.24, 2.45) is 5.92 Å². The first-order valence-electron chi connectivity index (χ1n) is 5.96. The molecule has 104 valence electrons. The number of hydrogen-bond donors (Lipinski definition) is 0. The van der Waals surface area contributed by atoms with Crippen LogP contribution in [0, 0.1) is 12.8 Å². The van der Waals surface area contributed by atoms with E-state index < -0.39 is 0 Å². The van der Waals surface area contributed by atoms with Crippen molar-refractivity contribution in [2.75, 3.05) is 20.7 Å². The number of esters is 1. The Bertz CT molecular complexity index is 488. The first kappa shape index (κ1) is 15.5. The lowest BCUT2D eigenvalue weighted by atomic mass is 10.1. The first-order chi connectivity index (χ1) is 8.86. The summed E-state index contributed by atoms with van der Waals surface area (Å²) in [4.78, 5) is 25.0. The lowest BCUT2D eigenvalue weighted by molar-refractivity contribution is -0.145. The Morgan fingerprint density at radius 2 is 2.05 bits per heavy atom. The van der Waals surface area contributed by atoms with Gasteiger partial charge in [-0.2, -0.15) is 0 Å². The van der Waals surface area contributed by atoms with Crippen LogP contribution in [-0.4, -0.2) is 37.5 Å². The Hall–Kier alpha value is -1.55. The summed E-state index contributed by atoms with van der Waals surface area (Å²) in [6, 6.07) is 5.11. The summed E-state index contributed by atoms with van der Waals surface area (Å²) in [6.07, 6.45) is 0. The van der Waals surface area contributed by atoms with Crippen molar-refractivity contribution < 1.29 is 14.3 Å². The Balaban J connectivity index is 2.76. The van der Waals surface area contributed by atoms with Crippen molar-refractivity contribution in [1.82, 2.24) is 4.90 Å². The summed E-state index contributed by atoms with van der Waals surface area (Å²) in [5.74, 6) is -0.824. The number of nitrogens with zero attached hydrogens (tertiary/aromatic N) is 1. The molecular weight excluding hydrogens is 266 g/mol. The van der Waals surface area contributed by atoms with E-state index in [0.29, 0.717) is 17.1 Å². The molecule has 4 nitrogen and oxygen atoms in total. The van der Waals surface area contributed by atoms with Crippen LogP contribution in [0.1, 0.15) is 22.8 Å². The van der Waals surface area contributed by atoms with Crippen LogP contribution in [0.25, 0.3) is 0 Å². The van der Waals surface area contributed by atoms with Crippen LogP contribution in [0.4, 0.5) is 0 Å². The van der Waals surface area contributed by atoms with Gasteiger partial charge in [-0.3, -0.25) is 9.59 Å². The number of amides is 1. The van der Waals surface area contributed by atoms with Crippen LogP contribution < -0.4 is 0 Å². The van der Waals surface area contributed by atoms with E-state index in [1.54, 1.807) is 32.2 Å². The maximum Gasteiger partial charge on any atom is 0.310 e. The standard InChI is InChI=1S/C14H18ClNO3/c1-9-7-11(5-6-12(9)15)13(17)16(3)8-10(2)14(18)19-4/h5-7,10H,8H2,1-4H3. The fourth-order valence-electron chi connectivity index (χ4n) is 1.77. The zero-order valence-electron chi connectivity index (χ0n) is 11.6. The quantitative estimate of drug-likeness (QED) is 0.798. The maximum atomic E-state index is 12.2. The highest BCUT2D eigenvalue weighted by Crippen LogP contribution is 2.17. The van der Waals surface area contributed by atoms with Crippen LogP contribution in [0.3, 0.4) is 0 Å². The smallest absolute Gasteiger partial charge is 0.310 e. The molecule has 0 N–H and O–H groups in total. The van der Waals surface area contributed by atoms with Gasteiger partial charge in [0.25, 0.3) is 5.91 Å². The number of hydrogen-bond acceptors (Lipinski definition) is 3. The molecule has 19 heavy (non-hydrogen) atoms. The molecule has 1 aromatic carbocycles. The van der Waals surface area contributed by atoms with Crippen molar-refractivity contribution in [2.45, 2.75) is 13.8 Å². The Labute approximate surface area is 118 Å². The molecule has 1 aromatic rings. The minimum absolute atomic E-state index is 0.143. The Morgan fingerprint density at radius 3 is 2.58 bits per heavy atom. The highest BCUT2D eigenvalue weighted by Gasteiger charge is 2.19. The lowest BCUT2D eigenvalue weighted by Gasteiger charge is -2.20. The molecule has 1 unspecified atom stereocenters. The molecule has 0 bridgehead atoms. The van der Waals surface area contributed by atoms with Gasteiger partial charge in [-0.15, -0.1) is 0 Å². The third-order valence-corrected chi connectivity index (χ3v) is 3.33. The van der Waals surface area contributed by atoms with Gasteiger partial charge in [-0.25, -0.2) is 0 Å². The molecule has 0 saturated carbocycles. The van der Waals surface area contributed by atoms with Crippen molar-refractivity contribution in [3.05, 3.63) is 34.3 Å². The van der Waals surface area contributed by atoms with Crippen LogP contribution in [0.5, 0.6) is 0 Å². The van der Waals surface area contributed by atoms with E-state index >= 15 is 0 Å². The fourth-order valence-corrected chi connectivity index (χ4v) is 1.89. The third-order valence-electron chi connectivity index (χ3n) is 2.90. The van der Waals surface area contributed by atoms with Gasteiger partial charge in [0.15, 0.2) is 0 Å². The van der Waals surface area contributed by atoms with Gasteiger partial charge in [0, 0.05) is 24.2 Å². The highest BCUT2D eigenvalue weighted by molar-refractivity contribution is 6.31. The molecule has 0 fully saturated rings. The minimum atomic E-state index is -0.354. The topological polar surface area (TPSA) is 46.6 Å². The number of methoxy groups -OCH3 is 1. The molecule has 0 aromatic heterocycles. The van der Waals surface area contributed by atoms with Crippen molar-refractivity contribution in [1.29, 1.82) is 0 Å². The van der Waals surface area contributed by atoms with E-state index in [4.69, 9.17) is 11.6 Å². The van der Waals surface area contributed by atoms with Gasteiger partial charge in [-0.1, -0.05) is 18.5 Å². The predicted octanol–water partition coefficient (Wildman–Crippen LogP) is 2.53. The molecule has 0 aliphatic rings. The van der Waals surface area contributed by atoms with Gasteiger partial charge in [0.2, 0.25) is 0 Å². The van der Waals surface area contributed by atoms with Crippen LogP contribution in [0.2, 0.25) is 5.02 Å². The number of carbonyl (C=O) groups excluding carboxylic acids is 2. The minimum Gasteiger partial charge on any atom is -0.469 e. The number of aryl methyl sites for hydroxylation is 1. The van der Waals surface area contributed by atoms with Crippen molar-refractivity contribution >= 4 is 23.5 Å². The number of carbonyl (C=O) groups is 2. The molecular formula is C14H18ClNO3. The summed E-state index contributed by atoms with van der Waals surface area (Å²) in [7, 11) is 2.99. The fraction of sp³-hybridized carbons (Fsp3) is 0.429. The molecule has 0 spiro atoms. The number of ether oxygens (including phenoxy) is 1. The van der Waals surface area contributed by atoms with Gasteiger partial charge in [-0.05, 0) is 30.7 Å². The monoisotopic (exact) mass is 283 g/mol. The Kier molecular flexibility index (Phi) is 5.36. The van der Waals surface area contributed by atoms with Crippen molar-refractivity contribution in [3.8, 4) is 0 Å². The number of rotatable bonds is 4. The number of benzene rings is 1. The van der Waals surface area contributed by atoms with Gasteiger partial charge < -0.3 is 9.64 Å². The highest BCUT2D eigenvalue weighted by atomic mass is 35.5. The van der Waals surface area contributed by atoms with E-state index in [1.807, 2.05) is 6.92 Å². The predicted molar refractivity (Wildman–Crippen MR) is 74.3 cm³/mol. The average Bonchev–Trinajstić information content (AvgIpc) is 2.39. The SMILES string of the molecule is COC(=O)C(C)CN(C)C(=O)c1ccc(Cl)c(C)c1. The molecule has 1 rings (SSSR count). The molecule has 0 radical (unpaired) electrons. The second-order valence-corrected chi connectivity index (χ2v) is 4.98. The van der Waals surface area contributed by atoms with Gasteiger partial charge in [0.1, 0.15) is 0 Å². The van der Waals surface area contributed by atoms with Gasteiger partial charge >= 0.3 is 5.97 Å². The summed E-state index contributed by atoms with van der Waals surface area (Å²) in [5, 5.41) is 0.627. The van der Waals surface area contributed by atoms with Crippen LogP contribution >= 0.6 is 11.6 Å². The summed E-state index contributed by atoms with van der Waals surface area (Å²) in [6.45, 7) is 3.88. The number of halogens is 1. The lowest BCUT2D eigenvalue weighted by Crippen LogP contribution is -2.34. The van der Waals surface area contributed by atoms with Crippen LogP contribution in [0.15, 0.2) is 18.2 Å². The second-order valence-electron chi connectivity index (χ2n) is 4.57. The molecule has 0 heterocycles. The van der Waals surface area contributed by atoms with E-state index in [9.17, 15) is 9.59 Å². The van der Waals surface area contributed by atoms with E-state index in [-0.39, 0.29) is 17.8 Å². The third kappa shape index (κ3) is 3.96. The summed E-state index contributed by atoms with van der Waals surface area (Å²) >= 11 is 5.92. The molecule has 5 heteroatoms. The first-order valence-corrected chi connectivity index (χ1v) is 6.34. The van der Waals surface area contributed by atoms with Crippen molar-refractivity contribution in [3.63, 3.8) is 0 Å².